The number of aliphatic imine (C=N–C) groups is 1. The molecule has 0 saturated carbocycles. The molecule has 0 radical (unpaired) electrons. The molecule has 7 nitrogen and oxygen atoms in total. The molecule has 2 N–H and O–H groups in total. The third-order valence-electron chi connectivity index (χ3n) is 5.06. The average molecular weight is 573 g/mol. The van der Waals surface area contributed by atoms with Crippen LogP contribution in [0.3, 0.4) is 0 Å². The highest BCUT2D eigenvalue weighted by Crippen LogP contribution is 2.24. The summed E-state index contributed by atoms with van der Waals surface area (Å²) in [6.07, 6.45) is 2.79. The van der Waals surface area contributed by atoms with Crippen LogP contribution in [0.5, 0.6) is 0 Å². The number of aromatic nitrogens is 2. The third kappa shape index (κ3) is 6.56. The molecule has 0 aliphatic carbocycles. The first-order chi connectivity index (χ1) is 14.7. The van der Waals surface area contributed by atoms with Crippen molar-refractivity contribution >= 4 is 57.9 Å². The van der Waals surface area contributed by atoms with Gasteiger partial charge in [-0.15, -0.1) is 35.3 Å². The van der Waals surface area contributed by atoms with Gasteiger partial charge in [-0.25, -0.2) is 0 Å². The van der Waals surface area contributed by atoms with Crippen LogP contribution in [-0.2, 0) is 6.42 Å². The van der Waals surface area contributed by atoms with Crippen LogP contribution in [0.15, 0.2) is 51.3 Å². The number of nitrogens with zero attached hydrogens (tertiary/aromatic N) is 4. The lowest BCUT2D eigenvalue weighted by Crippen LogP contribution is -2.49. The molecule has 3 heterocycles. The van der Waals surface area contributed by atoms with Crippen LogP contribution in [0.1, 0.15) is 18.7 Å². The van der Waals surface area contributed by atoms with Gasteiger partial charge in [-0.2, -0.15) is 4.98 Å². The minimum absolute atomic E-state index is 0. The summed E-state index contributed by atoms with van der Waals surface area (Å²) in [5, 5.41) is 15.1. The molecule has 10 heteroatoms. The van der Waals surface area contributed by atoms with Crippen LogP contribution < -0.4 is 15.5 Å². The van der Waals surface area contributed by atoms with Gasteiger partial charge in [-0.05, 0) is 42.5 Å². The Balaban J connectivity index is 0.00000272. The van der Waals surface area contributed by atoms with Gasteiger partial charge in [-0.3, -0.25) is 4.99 Å². The molecule has 31 heavy (non-hydrogen) atoms. The second-order valence-electron chi connectivity index (χ2n) is 7.13. The fraction of sp³-hybridized carbons (Fsp3) is 0.381. The molecule has 1 aliphatic heterocycles. The highest BCUT2D eigenvalue weighted by molar-refractivity contribution is 14.0. The predicted molar refractivity (Wildman–Crippen MR) is 138 cm³/mol. The average Bonchev–Trinajstić information content (AvgIpc) is 3.46. The summed E-state index contributed by atoms with van der Waals surface area (Å²) in [6.45, 7) is 2.78. The van der Waals surface area contributed by atoms with E-state index in [4.69, 9.17) is 16.1 Å². The number of hydrogen-bond acceptors (Lipinski definition) is 6. The Bertz CT molecular complexity index is 972. The Hall–Kier alpha value is -1.85. The van der Waals surface area contributed by atoms with Crippen molar-refractivity contribution in [3.05, 3.63) is 52.7 Å². The van der Waals surface area contributed by atoms with E-state index in [-0.39, 0.29) is 24.0 Å². The van der Waals surface area contributed by atoms with Crippen LogP contribution in [-0.4, -0.2) is 48.8 Å². The van der Waals surface area contributed by atoms with Gasteiger partial charge in [0.05, 0.1) is 5.00 Å². The number of hydrogen-bond donors (Lipinski definition) is 2. The monoisotopic (exact) mass is 572 g/mol. The first-order valence-electron chi connectivity index (χ1n) is 10.1. The summed E-state index contributed by atoms with van der Waals surface area (Å²) in [4.78, 5) is 11.2. The molecule has 1 aliphatic rings. The van der Waals surface area contributed by atoms with Gasteiger partial charge in [0, 0.05) is 49.7 Å². The van der Waals surface area contributed by atoms with Gasteiger partial charge in [0.25, 0.3) is 0 Å². The van der Waals surface area contributed by atoms with Crippen molar-refractivity contribution < 1.29 is 4.52 Å². The first-order valence-corrected chi connectivity index (χ1v) is 11.3. The molecule has 0 atom stereocenters. The lowest BCUT2D eigenvalue weighted by Gasteiger charge is -2.33. The van der Waals surface area contributed by atoms with Crippen LogP contribution in [0.2, 0.25) is 5.02 Å². The van der Waals surface area contributed by atoms with Gasteiger partial charge < -0.3 is 20.1 Å². The Morgan fingerprint density at radius 2 is 2.13 bits per heavy atom. The van der Waals surface area contributed by atoms with Crippen molar-refractivity contribution in [3.63, 3.8) is 0 Å². The summed E-state index contributed by atoms with van der Waals surface area (Å²) < 4.78 is 5.36. The topological polar surface area (TPSA) is 78.6 Å². The van der Waals surface area contributed by atoms with E-state index in [0.717, 1.165) is 37.5 Å². The minimum atomic E-state index is 0. The molecular formula is C21H26ClIN6OS. The van der Waals surface area contributed by atoms with Crippen LogP contribution in [0, 0.1) is 0 Å². The summed E-state index contributed by atoms with van der Waals surface area (Å²) >= 11 is 7.83. The van der Waals surface area contributed by atoms with E-state index in [0.29, 0.717) is 35.7 Å². The molecule has 4 rings (SSSR count). The number of halogens is 2. The van der Waals surface area contributed by atoms with E-state index in [1.54, 1.807) is 18.4 Å². The number of benzene rings is 1. The molecular weight excluding hydrogens is 547 g/mol. The maximum absolute atomic E-state index is 6.03. The molecule has 0 bridgehead atoms. The number of anilines is 1. The van der Waals surface area contributed by atoms with Gasteiger partial charge in [0.15, 0.2) is 5.96 Å². The van der Waals surface area contributed by atoms with Crippen molar-refractivity contribution in [2.75, 3.05) is 31.6 Å². The minimum Gasteiger partial charge on any atom is -0.363 e. The fourth-order valence-corrected chi connectivity index (χ4v) is 4.45. The van der Waals surface area contributed by atoms with Gasteiger partial charge in [0.1, 0.15) is 0 Å². The van der Waals surface area contributed by atoms with Crippen LogP contribution >= 0.6 is 46.9 Å². The lowest BCUT2D eigenvalue weighted by atomic mass is 10.1. The van der Waals surface area contributed by atoms with E-state index in [9.17, 15) is 0 Å². The molecule has 3 aromatic rings. The quantitative estimate of drug-likeness (QED) is 0.258. The Kier molecular flexibility index (Phi) is 8.97. The van der Waals surface area contributed by atoms with Crippen molar-refractivity contribution in [2.24, 2.45) is 4.99 Å². The zero-order valence-electron chi connectivity index (χ0n) is 17.3. The smallest absolute Gasteiger partial charge is 0.228 e. The Morgan fingerprint density at radius 1 is 1.29 bits per heavy atom. The SMILES string of the molecule is CN=C(NCCc1nc(-c2cccc(Cl)c2)no1)NC1CCN(c2cccs2)CC1.I. The number of nitrogens with one attached hydrogen (secondary N) is 2. The zero-order valence-corrected chi connectivity index (χ0v) is 21.2. The molecule has 0 amide bonds. The zero-order chi connectivity index (χ0) is 20.8. The standard InChI is InChI=1S/C21H25ClN6OS.HI/c1-23-21(25-17-8-11-28(12-9-17)19-6-3-13-30-19)24-10-7-18-26-20(27-29-18)15-4-2-5-16(22)14-15;/h2-6,13-14,17H,7-12H2,1H3,(H2,23,24,25);1H. The first kappa shape index (κ1) is 23.8. The predicted octanol–water partition coefficient (Wildman–Crippen LogP) is 4.45. The maximum Gasteiger partial charge on any atom is 0.228 e. The normalized spacial score (nSPS) is 14.9. The number of guanidine groups is 1. The number of thiophene rings is 1. The second-order valence-corrected chi connectivity index (χ2v) is 8.49. The van der Waals surface area contributed by atoms with Crippen molar-refractivity contribution in [1.29, 1.82) is 0 Å². The molecule has 0 unspecified atom stereocenters. The van der Waals surface area contributed by atoms with Crippen molar-refractivity contribution in [1.82, 2.24) is 20.8 Å². The second kappa shape index (κ2) is 11.7. The largest absolute Gasteiger partial charge is 0.363 e. The summed E-state index contributed by atoms with van der Waals surface area (Å²) in [7, 11) is 1.79. The van der Waals surface area contributed by atoms with E-state index < -0.39 is 0 Å². The van der Waals surface area contributed by atoms with Gasteiger partial charge in [-0.1, -0.05) is 28.9 Å². The molecule has 2 aromatic heterocycles. The van der Waals surface area contributed by atoms with E-state index in [1.807, 2.05) is 24.3 Å². The summed E-state index contributed by atoms with van der Waals surface area (Å²) in [6, 6.07) is 12.1. The van der Waals surface area contributed by atoms with Crippen LogP contribution in [0.25, 0.3) is 11.4 Å². The van der Waals surface area contributed by atoms with E-state index >= 15 is 0 Å². The highest BCUT2D eigenvalue weighted by atomic mass is 127. The Morgan fingerprint density at radius 3 is 2.84 bits per heavy atom. The molecule has 166 valence electrons. The van der Waals surface area contributed by atoms with E-state index in [1.165, 1.54) is 5.00 Å². The lowest BCUT2D eigenvalue weighted by molar-refractivity contribution is 0.378. The van der Waals surface area contributed by atoms with E-state index in [2.05, 4.69) is 48.2 Å². The molecule has 0 spiro atoms. The fourth-order valence-electron chi connectivity index (χ4n) is 3.47. The maximum atomic E-state index is 6.03. The summed E-state index contributed by atoms with van der Waals surface area (Å²) in [5.74, 6) is 1.93. The van der Waals surface area contributed by atoms with Crippen LogP contribution in [0.4, 0.5) is 5.00 Å². The number of piperidine rings is 1. The van der Waals surface area contributed by atoms with Crippen molar-refractivity contribution in [3.8, 4) is 11.4 Å². The van der Waals surface area contributed by atoms with Gasteiger partial charge in [0.2, 0.25) is 11.7 Å². The Labute approximate surface area is 208 Å². The molecule has 1 fully saturated rings. The highest BCUT2D eigenvalue weighted by Gasteiger charge is 2.20. The molecule has 1 aromatic carbocycles. The van der Waals surface area contributed by atoms with Gasteiger partial charge >= 0.3 is 0 Å². The van der Waals surface area contributed by atoms with Crippen molar-refractivity contribution in [2.45, 2.75) is 25.3 Å². The third-order valence-corrected chi connectivity index (χ3v) is 6.22. The molecule has 1 saturated heterocycles. The summed E-state index contributed by atoms with van der Waals surface area (Å²) in [5.41, 5.74) is 0.844. The number of rotatable bonds is 6.